The maximum Gasteiger partial charge on any atom is 0.246 e. The summed E-state index contributed by atoms with van der Waals surface area (Å²) >= 11 is 3.13. The van der Waals surface area contributed by atoms with Crippen molar-refractivity contribution in [1.82, 2.24) is 24.8 Å². The highest BCUT2D eigenvalue weighted by atomic mass is 32.1. The first-order valence-corrected chi connectivity index (χ1v) is 11.3. The number of rotatable bonds is 6. The first kappa shape index (κ1) is 19.7. The largest absolute Gasteiger partial charge is 0.339 e. The topological polar surface area (TPSA) is 83.9 Å². The normalized spacial score (nSPS) is 15.1. The number of anilines is 2. The highest BCUT2D eigenvalue weighted by Crippen LogP contribution is 2.23. The van der Waals surface area contributed by atoms with E-state index in [9.17, 15) is 4.79 Å². The molecule has 0 atom stereocenters. The molecule has 0 radical (unpaired) electrons. The molecule has 1 saturated heterocycles. The van der Waals surface area contributed by atoms with Crippen molar-refractivity contribution < 1.29 is 4.79 Å². The smallest absolute Gasteiger partial charge is 0.246 e. The van der Waals surface area contributed by atoms with Gasteiger partial charge in [0.15, 0.2) is 5.13 Å². The number of nitrogens with one attached hydrogen (secondary N) is 1. The second-order valence-corrected chi connectivity index (χ2v) is 8.91. The van der Waals surface area contributed by atoms with E-state index in [2.05, 4.69) is 25.3 Å². The van der Waals surface area contributed by atoms with Crippen molar-refractivity contribution in [1.29, 1.82) is 0 Å². The van der Waals surface area contributed by atoms with Crippen LogP contribution in [-0.2, 0) is 11.2 Å². The van der Waals surface area contributed by atoms with E-state index in [1.807, 2.05) is 28.7 Å². The van der Waals surface area contributed by atoms with Crippen LogP contribution < -0.4 is 5.32 Å². The molecule has 0 aromatic carbocycles. The van der Waals surface area contributed by atoms with Gasteiger partial charge in [0.1, 0.15) is 12.1 Å². The molecule has 3 aromatic heterocycles. The quantitative estimate of drug-likeness (QED) is 0.601. The lowest BCUT2D eigenvalue weighted by Gasteiger charge is -2.31. The molecule has 1 aliphatic heterocycles. The highest BCUT2D eigenvalue weighted by Gasteiger charge is 2.22. The molecular formula is C20H22N6OS2. The van der Waals surface area contributed by atoms with E-state index >= 15 is 0 Å². The van der Waals surface area contributed by atoms with Crippen LogP contribution in [0, 0.1) is 12.8 Å². The van der Waals surface area contributed by atoms with Crippen LogP contribution in [0.15, 0.2) is 35.4 Å². The van der Waals surface area contributed by atoms with Gasteiger partial charge < -0.3 is 10.2 Å². The number of carbonyl (C=O) groups is 1. The number of thiazole rings is 2. The van der Waals surface area contributed by atoms with Crippen molar-refractivity contribution >= 4 is 45.6 Å². The van der Waals surface area contributed by atoms with Gasteiger partial charge in [0.05, 0.1) is 10.7 Å². The van der Waals surface area contributed by atoms with E-state index in [4.69, 9.17) is 0 Å². The van der Waals surface area contributed by atoms with Crippen LogP contribution in [0.1, 0.15) is 29.2 Å². The van der Waals surface area contributed by atoms with Gasteiger partial charge >= 0.3 is 0 Å². The molecule has 0 unspecified atom stereocenters. The van der Waals surface area contributed by atoms with E-state index < -0.39 is 0 Å². The molecule has 0 bridgehead atoms. The van der Waals surface area contributed by atoms with Gasteiger partial charge in [0.25, 0.3) is 0 Å². The van der Waals surface area contributed by atoms with Crippen molar-refractivity contribution in [3.05, 3.63) is 51.8 Å². The van der Waals surface area contributed by atoms with E-state index in [0.29, 0.717) is 5.92 Å². The van der Waals surface area contributed by atoms with E-state index in [1.165, 1.54) is 11.3 Å². The summed E-state index contributed by atoms with van der Waals surface area (Å²) < 4.78 is 0. The summed E-state index contributed by atoms with van der Waals surface area (Å²) in [6, 6.07) is 1.98. The molecule has 1 amide bonds. The Bertz CT molecular complexity index is 977. The second kappa shape index (κ2) is 9.23. The Hall–Kier alpha value is -2.65. The number of carbonyl (C=O) groups excluding carboxylic acids is 1. The lowest BCUT2D eigenvalue weighted by atomic mass is 9.92. The van der Waals surface area contributed by atoms with Gasteiger partial charge in [-0.1, -0.05) is 0 Å². The van der Waals surface area contributed by atoms with Crippen LogP contribution in [0.5, 0.6) is 0 Å². The predicted molar refractivity (Wildman–Crippen MR) is 116 cm³/mol. The van der Waals surface area contributed by atoms with Gasteiger partial charge in [-0.2, -0.15) is 0 Å². The molecule has 1 fully saturated rings. The zero-order valence-electron chi connectivity index (χ0n) is 16.1. The number of hydrogen-bond donors (Lipinski definition) is 1. The van der Waals surface area contributed by atoms with Crippen molar-refractivity contribution in [3.8, 4) is 0 Å². The second-order valence-electron chi connectivity index (χ2n) is 6.95. The third-order valence-corrected chi connectivity index (χ3v) is 6.33. The number of hydrogen-bond acceptors (Lipinski definition) is 8. The number of piperidine rings is 1. The van der Waals surface area contributed by atoms with Crippen molar-refractivity contribution in [3.63, 3.8) is 0 Å². The molecule has 0 aliphatic carbocycles. The summed E-state index contributed by atoms with van der Waals surface area (Å²) in [7, 11) is 0. The highest BCUT2D eigenvalue weighted by molar-refractivity contribution is 7.13. The lowest BCUT2D eigenvalue weighted by molar-refractivity contribution is -0.127. The fourth-order valence-corrected chi connectivity index (χ4v) is 4.46. The Morgan fingerprint density at radius 2 is 2.14 bits per heavy atom. The Balaban J connectivity index is 1.27. The van der Waals surface area contributed by atoms with E-state index in [-0.39, 0.29) is 5.91 Å². The van der Waals surface area contributed by atoms with Gasteiger partial charge in [-0.05, 0) is 38.2 Å². The molecule has 0 saturated carbocycles. The molecule has 1 aliphatic rings. The standard InChI is InChI=1S/C20H22N6OS2/c1-14-24-16(12-29-14)2-3-19(27)26-7-4-15(5-8-26)10-17-11-18(23-13-22-17)25-20-21-6-9-28-20/h2-3,6,9,11-13,15H,4-5,7-8,10H2,1H3,(H,21,22,23,25). The number of aromatic nitrogens is 4. The summed E-state index contributed by atoms with van der Waals surface area (Å²) in [5.74, 6) is 1.35. The Labute approximate surface area is 177 Å². The minimum Gasteiger partial charge on any atom is -0.339 e. The number of amides is 1. The van der Waals surface area contributed by atoms with Gasteiger partial charge in [-0.15, -0.1) is 22.7 Å². The summed E-state index contributed by atoms with van der Waals surface area (Å²) in [5.41, 5.74) is 1.87. The molecule has 150 valence electrons. The van der Waals surface area contributed by atoms with E-state index in [0.717, 1.165) is 59.7 Å². The molecule has 7 nitrogen and oxygen atoms in total. The molecule has 3 aromatic rings. The number of aryl methyl sites for hydroxylation is 1. The summed E-state index contributed by atoms with van der Waals surface area (Å²) in [4.78, 5) is 31.6. The fourth-order valence-electron chi connectivity index (χ4n) is 3.34. The molecule has 4 rings (SSSR count). The maximum atomic E-state index is 12.4. The molecule has 1 N–H and O–H groups in total. The van der Waals surface area contributed by atoms with Crippen LogP contribution in [-0.4, -0.2) is 43.8 Å². The average molecular weight is 427 g/mol. The molecule has 0 spiro atoms. The molecular weight excluding hydrogens is 404 g/mol. The van der Waals surface area contributed by atoms with Gasteiger partial charge in [-0.25, -0.2) is 19.9 Å². The van der Waals surface area contributed by atoms with Gasteiger partial charge in [0.2, 0.25) is 5.91 Å². The minimum absolute atomic E-state index is 0.0612. The first-order valence-electron chi connectivity index (χ1n) is 9.52. The van der Waals surface area contributed by atoms with Crippen LogP contribution in [0.4, 0.5) is 10.9 Å². The van der Waals surface area contributed by atoms with Gasteiger partial charge in [0, 0.05) is 47.9 Å². The Kier molecular flexibility index (Phi) is 6.26. The Morgan fingerprint density at radius 3 is 2.86 bits per heavy atom. The van der Waals surface area contributed by atoms with Crippen LogP contribution in [0.2, 0.25) is 0 Å². The number of nitrogens with zero attached hydrogens (tertiary/aromatic N) is 5. The zero-order chi connectivity index (χ0) is 20.1. The summed E-state index contributed by atoms with van der Waals surface area (Å²) in [5, 5.41) is 8.92. The predicted octanol–water partition coefficient (Wildman–Crippen LogP) is 3.94. The van der Waals surface area contributed by atoms with Crippen LogP contribution >= 0.6 is 22.7 Å². The zero-order valence-corrected chi connectivity index (χ0v) is 17.7. The molecule has 4 heterocycles. The fraction of sp³-hybridized carbons (Fsp3) is 0.350. The third-order valence-electron chi connectivity index (χ3n) is 4.85. The molecule has 9 heteroatoms. The summed E-state index contributed by atoms with van der Waals surface area (Å²) in [6.07, 6.45) is 9.64. The monoisotopic (exact) mass is 426 g/mol. The van der Waals surface area contributed by atoms with Gasteiger partial charge in [-0.3, -0.25) is 4.79 Å². The van der Waals surface area contributed by atoms with Crippen molar-refractivity contribution in [2.45, 2.75) is 26.2 Å². The van der Waals surface area contributed by atoms with Crippen LogP contribution in [0.3, 0.4) is 0 Å². The van der Waals surface area contributed by atoms with E-state index in [1.54, 1.807) is 36.0 Å². The number of likely N-dealkylation sites (tertiary alicyclic amines) is 1. The third kappa shape index (κ3) is 5.45. The minimum atomic E-state index is 0.0612. The average Bonchev–Trinajstić information content (AvgIpc) is 3.39. The van der Waals surface area contributed by atoms with Crippen LogP contribution in [0.25, 0.3) is 6.08 Å². The Morgan fingerprint density at radius 1 is 1.28 bits per heavy atom. The summed E-state index contributed by atoms with van der Waals surface area (Å²) in [6.45, 7) is 3.52. The SMILES string of the molecule is Cc1nc(C=CC(=O)N2CCC(Cc3cc(Nc4nccs4)ncn3)CC2)cs1. The van der Waals surface area contributed by atoms with Crippen molar-refractivity contribution in [2.24, 2.45) is 5.92 Å². The lowest BCUT2D eigenvalue weighted by Crippen LogP contribution is -2.38. The maximum absolute atomic E-state index is 12.4. The molecule has 29 heavy (non-hydrogen) atoms. The van der Waals surface area contributed by atoms with Crippen molar-refractivity contribution in [2.75, 3.05) is 18.4 Å². The first-order chi connectivity index (χ1) is 14.2.